The Morgan fingerprint density at radius 1 is 1.11 bits per heavy atom. The predicted molar refractivity (Wildman–Crippen MR) is 73.2 cm³/mol. The van der Waals surface area contributed by atoms with Gasteiger partial charge in [0.25, 0.3) is 0 Å². The van der Waals surface area contributed by atoms with Gasteiger partial charge in [-0.05, 0) is 42.7 Å². The first-order valence-electron chi connectivity index (χ1n) is 5.93. The van der Waals surface area contributed by atoms with Gasteiger partial charge in [0, 0.05) is 11.6 Å². The molecule has 4 heteroatoms. The summed E-state index contributed by atoms with van der Waals surface area (Å²) in [7, 11) is 0. The van der Waals surface area contributed by atoms with Gasteiger partial charge in [0.2, 0.25) is 0 Å². The molecule has 1 unspecified atom stereocenters. The van der Waals surface area contributed by atoms with Crippen molar-refractivity contribution in [2.45, 2.75) is 19.4 Å². The first-order chi connectivity index (χ1) is 8.97. The minimum atomic E-state index is -0.484. The third-order valence-corrected chi connectivity index (χ3v) is 3.28. The average molecular weight is 282 g/mol. The monoisotopic (exact) mass is 281 g/mol. The van der Waals surface area contributed by atoms with Crippen molar-refractivity contribution in [2.24, 2.45) is 5.73 Å². The van der Waals surface area contributed by atoms with Crippen LogP contribution >= 0.6 is 11.6 Å². The highest BCUT2D eigenvalue weighted by molar-refractivity contribution is 6.30. The smallest absolute Gasteiger partial charge is 0.141 e. The Bertz CT molecular complexity index is 599. The molecule has 2 aromatic rings. The molecule has 0 aliphatic rings. The third kappa shape index (κ3) is 3.31. The van der Waals surface area contributed by atoms with Crippen molar-refractivity contribution in [1.29, 1.82) is 0 Å². The highest BCUT2D eigenvalue weighted by atomic mass is 35.5. The van der Waals surface area contributed by atoms with Crippen LogP contribution in [0.25, 0.3) is 0 Å². The Balaban J connectivity index is 2.20. The molecule has 100 valence electrons. The first-order valence-corrected chi connectivity index (χ1v) is 6.30. The summed E-state index contributed by atoms with van der Waals surface area (Å²) in [5.74, 6) is -0.791. The summed E-state index contributed by atoms with van der Waals surface area (Å²) in [4.78, 5) is 0. The van der Waals surface area contributed by atoms with E-state index in [-0.39, 0.29) is 10.8 Å². The number of nitrogens with two attached hydrogens (primary N) is 1. The van der Waals surface area contributed by atoms with Crippen LogP contribution in [0.5, 0.6) is 0 Å². The van der Waals surface area contributed by atoms with E-state index in [2.05, 4.69) is 0 Å². The van der Waals surface area contributed by atoms with Gasteiger partial charge in [-0.25, -0.2) is 8.78 Å². The Morgan fingerprint density at radius 3 is 2.47 bits per heavy atom. The molecule has 0 aromatic heterocycles. The van der Waals surface area contributed by atoms with Crippen molar-refractivity contribution >= 4 is 11.6 Å². The maximum Gasteiger partial charge on any atom is 0.141 e. The maximum absolute atomic E-state index is 13.8. The molecule has 2 aromatic carbocycles. The minimum Gasteiger partial charge on any atom is -0.324 e. The summed E-state index contributed by atoms with van der Waals surface area (Å²) in [5.41, 5.74) is 8.06. The van der Waals surface area contributed by atoms with E-state index in [1.54, 1.807) is 12.1 Å². The zero-order valence-corrected chi connectivity index (χ0v) is 11.2. The molecule has 2 rings (SSSR count). The quantitative estimate of drug-likeness (QED) is 0.898. The number of hydrogen-bond acceptors (Lipinski definition) is 1. The number of aryl methyl sites for hydroxylation is 1. The second-order valence-corrected chi connectivity index (χ2v) is 4.99. The van der Waals surface area contributed by atoms with Crippen LogP contribution < -0.4 is 5.73 Å². The second-order valence-electron chi connectivity index (χ2n) is 4.58. The lowest BCUT2D eigenvalue weighted by Crippen LogP contribution is -2.15. The molecule has 1 nitrogen and oxygen atoms in total. The van der Waals surface area contributed by atoms with E-state index < -0.39 is 11.9 Å². The molecule has 0 bridgehead atoms. The van der Waals surface area contributed by atoms with Gasteiger partial charge in [-0.1, -0.05) is 29.8 Å². The molecule has 0 aliphatic carbocycles. The van der Waals surface area contributed by atoms with Crippen molar-refractivity contribution in [3.63, 3.8) is 0 Å². The largest absolute Gasteiger partial charge is 0.324 e. The maximum atomic E-state index is 13.8. The zero-order chi connectivity index (χ0) is 14.0. The Kier molecular flexibility index (Phi) is 4.17. The summed E-state index contributed by atoms with van der Waals surface area (Å²) in [5, 5.41) is 0.0501. The van der Waals surface area contributed by atoms with Crippen LogP contribution in [0.1, 0.15) is 22.7 Å². The average Bonchev–Trinajstić information content (AvgIpc) is 2.33. The van der Waals surface area contributed by atoms with E-state index in [0.717, 1.165) is 11.1 Å². The zero-order valence-electron chi connectivity index (χ0n) is 10.5. The molecule has 0 saturated carbocycles. The fourth-order valence-corrected chi connectivity index (χ4v) is 2.17. The molecule has 0 spiro atoms. The highest BCUT2D eigenvalue weighted by Gasteiger charge is 2.13. The number of rotatable bonds is 3. The summed E-state index contributed by atoms with van der Waals surface area (Å²) in [6.45, 7) is 1.82. The fraction of sp³-hybridized carbons (Fsp3) is 0.200. The fourth-order valence-electron chi connectivity index (χ4n) is 1.96. The van der Waals surface area contributed by atoms with Crippen molar-refractivity contribution in [3.8, 4) is 0 Å². The summed E-state index contributed by atoms with van der Waals surface area (Å²) < 4.78 is 26.8. The number of benzene rings is 2. The van der Waals surface area contributed by atoms with E-state index in [9.17, 15) is 8.78 Å². The molecule has 0 amide bonds. The first kappa shape index (κ1) is 14.0. The molecular weight excluding hydrogens is 268 g/mol. The van der Waals surface area contributed by atoms with Gasteiger partial charge in [-0.3, -0.25) is 0 Å². The van der Waals surface area contributed by atoms with Gasteiger partial charge in [0.05, 0.1) is 5.02 Å². The molecule has 19 heavy (non-hydrogen) atoms. The van der Waals surface area contributed by atoms with Gasteiger partial charge in [-0.15, -0.1) is 0 Å². The molecule has 0 radical (unpaired) electrons. The van der Waals surface area contributed by atoms with Gasteiger partial charge >= 0.3 is 0 Å². The molecule has 0 saturated heterocycles. The van der Waals surface area contributed by atoms with E-state index in [0.29, 0.717) is 12.0 Å². The lowest BCUT2D eigenvalue weighted by molar-refractivity contribution is 0.578. The molecule has 0 aliphatic heterocycles. The second kappa shape index (κ2) is 5.68. The van der Waals surface area contributed by atoms with E-state index in [4.69, 9.17) is 17.3 Å². The highest BCUT2D eigenvalue weighted by Crippen LogP contribution is 2.23. The molecule has 0 fully saturated rings. The van der Waals surface area contributed by atoms with E-state index >= 15 is 0 Å². The van der Waals surface area contributed by atoms with Crippen LogP contribution in [0.4, 0.5) is 8.78 Å². The molecule has 0 heterocycles. The SMILES string of the molecule is Cc1ccc(C(N)Cc2ccc(F)c(Cl)c2)c(F)c1. The Hall–Kier alpha value is -1.45. The van der Waals surface area contributed by atoms with Crippen molar-refractivity contribution in [3.05, 3.63) is 69.7 Å². The van der Waals surface area contributed by atoms with E-state index in [1.165, 1.54) is 18.2 Å². The van der Waals surface area contributed by atoms with Gasteiger partial charge in [-0.2, -0.15) is 0 Å². The Morgan fingerprint density at radius 2 is 1.84 bits per heavy atom. The van der Waals surface area contributed by atoms with Crippen LogP contribution in [0.15, 0.2) is 36.4 Å². The summed E-state index contributed by atoms with van der Waals surface area (Å²) in [6.07, 6.45) is 0.403. The number of halogens is 3. The Labute approximate surface area is 116 Å². The normalized spacial score (nSPS) is 12.5. The van der Waals surface area contributed by atoms with E-state index in [1.807, 2.05) is 13.0 Å². The van der Waals surface area contributed by atoms with Crippen molar-refractivity contribution in [1.82, 2.24) is 0 Å². The molecule has 2 N–H and O–H groups in total. The summed E-state index contributed by atoms with van der Waals surface area (Å²) >= 11 is 5.71. The van der Waals surface area contributed by atoms with Crippen LogP contribution in [-0.2, 0) is 6.42 Å². The third-order valence-electron chi connectivity index (χ3n) is 3.00. The standard InChI is InChI=1S/C15H14ClF2N/c1-9-2-4-11(14(18)6-9)15(19)8-10-3-5-13(17)12(16)7-10/h2-7,15H,8,19H2,1H3. The summed E-state index contributed by atoms with van der Waals surface area (Å²) in [6, 6.07) is 8.87. The van der Waals surface area contributed by atoms with Crippen LogP contribution in [0.3, 0.4) is 0 Å². The van der Waals surface area contributed by atoms with Crippen molar-refractivity contribution < 1.29 is 8.78 Å². The van der Waals surface area contributed by atoms with Crippen LogP contribution in [0, 0.1) is 18.6 Å². The topological polar surface area (TPSA) is 26.0 Å². The molecular formula is C15H14ClF2N. The minimum absolute atomic E-state index is 0.0501. The van der Waals surface area contributed by atoms with Crippen molar-refractivity contribution in [2.75, 3.05) is 0 Å². The van der Waals surface area contributed by atoms with Gasteiger partial charge in [0.15, 0.2) is 0 Å². The van der Waals surface area contributed by atoms with Crippen LogP contribution in [-0.4, -0.2) is 0 Å². The lowest BCUT2D eigenvalue weighted by Gasteiger charge is -2.14. The lowest BCUT2D eigenvalue weighted by atomic mass is 9.98. The molecule has 1 atom stereocenters. The van der Waals surface area contributed by atoms with Gasteiger partial charge in [0.1, 0.15) is 11.6 Å². The van der Waals surface area contributed by atoms with Gasteiger partial charge < -0.3 is 5.73 Å². The predicted octanol–water partition coefficient (Wildman–Crippen LogP) is 4.17. The number of hydrogen-bond donors (Lipinski definition) is 1. The van der Waals surface area contributed by atoms with Crippen LogP contribution in [0.2, 0.25) is 5.02 Å².